The first-order valence-corrected chi connectivity index (χ1v) is 8.86. The number of anilines is 1. The second-order valence-corrected chi connectivity index (χ2v) is 6.66. The predicted molar refractivity (Wildman–Crippen MR) is 114 cm³/mol. The number of nitrogens with zero attached hydrogens (tertiary/aromatic N) is 3. The van der Waals surface area contributed by atoms with Crippen molar-refractivity contribution in [2.24, 2.45) is 0 Å². The van der Waals surface area contributed by atoms with E-state index in [0.29, 0.717) is 12.6 Å². The van der Waals surface area contributed by atoms with Crippen LogP contribution in [0, 0.1) is 5.82 Å². The Labute approximate surface area is 171 Å². The van der Waals surface area contributed by atoms with E-state index in [1.165, 1.54) is 12.1 Å². The molecule has 2 aromatic carbocycles. The SMILES string of the molecule is CNC1CCN(c2nc3ccccc3n2Cc2ccc(F)cc2)CC1.Cl.Cl. The first-order valence-electron chi connectivity index (χ1n) is 8.86. The predicted octanol–water partition coefficient (Wildman–Crippen LogP) is 4.26. The number of aromatic nitrogens is 2. The molecule has 2 heterocycles. The van der Waals surface area contributed by atoms with Gasteiger partial charge in [-0.05, 0) is 49.7 Å². The number of piperidine rings is 1. The summed E-state index contributed by atoms with van der Waals surface area (Å²) in [7, 11) is 2.03. The number of para-hydroxylation sites is 2. The van der Waals surface area contributed by atoms with Gasteiger partial charge in [-0.3, -0.25) is 0 Å². The van der Waals surface area contributed by atoms with Crippen LogP contribution in [0.5, 0.6) is 0 Å². The van der Waals surface area contributed by atoms with Gasteiger partial charge >= 0.3 is 0 Å². The maximum absolute atomic E-state index is 13.2. The second-order valence-electron chi connectivity index (χ2n) is 6.66. The smallest absolute Gasteiger partial charge is 0.206 e. The molecule has 3 aromatic rings. The molecule has 1 aromatic heterocycles. The molecule has 0 bridgehead atoms. The maximum Gasteiger partial charge on any atom is 0.206 e. The topological polar surface area (TPSA) is 33.1 Å². The van der Waals surface area contributed by atoms with Crippen LogP contribution in [0.4, 0.5) is 10.3 Å². The van der Waals surface area contributed by atoms with Crippen LogP contribution >= 0.6 is 24.8 Å². The van der Waals surface area contributed by atoms with Crippen LogP contribution in [0.1, 0.15) is 18.4 Å². The Hall–Kier alpha value is -1.82. The van der Waals surface area contributed by atoms with E-state index in [9.17, 15) is 4.39 Å². The van der Waals surface area contributed by atoms with E-state index in [-0.39, 0.29) is 30.6 Å². The summed E-state index contributed by atoms with van der Waals surface area (Å²) in [5, 5.41) is 3.37. The van der Waals surface area contributed by atoms with Gasteiger partial charge in [-0.1, -0.05) is 24.3 Å². The van der Waals surface area contributed by atoms with Crippen molar-refractivity contribution in [1.29, 1.82) is 0 Å². The molecule has 0 aliphatic carbocycles. The van der Waals surface area contributed by atoms with Crippen LogP contribution in [-0.2, 0) is 6.54 Å². The van der Waals surface area contributed by atoms with Gasteiger partial charge in [0, 0.05) is 19.1 Å². The molecular weight excluding hydrogens is 386 g/mol. The van der Waals surface area contributed by atoms with E-state index in [4.69, 9.17) is 4.98 Å². The van der Waals surface area contributed by atoms with Crippen molar-refractivity contribution in [3.63, 3.8) is 0 Å². The molecule has 146 valence electrons. The molecule has 0 unspecified atom stereocenters. The van der Waals surface area contributed by atoms with Crippen molar-refractivity contribution >= 4 is 41.8 Å². The molecule has 0 saturated carbocycles. The van der Waals surface area contributed by atoms with Crippen LogP contribution < -0.4 is 10.2 Å². The number of hydrogen-bond acceptors (Lipinski definition) is 3. The van der Waals surface area contributed by atoms with E-state index < -0.39 is 0 Å². The number of hydrogen-bond donors (Lipinski definition) is 1. The number of imidazole rings is 1. The summed E-state index contributed by atoms with van der Waals surface area (Å²) in [5.74, 6) is 0.814. The zero-order chi connectivity index (χ0) is 17.2. The minimum absolute atomic E-state index is 0. The van der Waals surface area contributed by atoms with Gasteiger partial charge in [0.1, 0.15) is 5.82 Å². The lowest BCUT2D eigenvalue weighted by Crippen LogP contribution is -2.42. The molecule has 1 fully saturated rings. The van der Waals surface area contributed by atoms with E-state index in [1.807, 2.05) is 31.3 Å². The summed E-state index contributed by atoms with van der Waals surface area (Å²) in [5.41, 5.74) is 3.21. The molecule has 1 N–H and O–H groups in total. The van der Waals surface area contributed by atoms with Gasteiger partial charge in [-0.15, -0.1) is 24.8 Å². The monoisotopic (exact) mass is 410 g/mol. The number of benzene rings is 2. The average Bonchev–Trinajstić information content (AvgIpc) is 3.02. The molecule has 4 nitrogen and oxygen atoms in total. The van der Waals surface area contributed by atoms with E-state index in [1.54, 1.807) is 0 Å². The van der Waals surface area contributed by atoms with Crippen molar-refractivity contribution in [1.82, 2.24) is 14.9 Å². The second kappa shape index (κ2) is 9.40. The Kier molecular flexibility index (Phi) is 7.48. The summed E-state index contributed by atoms with van der Waals surface area (Å²) >= 11 is 0. The van der Waals surface area contributed by atoms with Crippen LogP contribution in [0.15, 0.2) is 48.5 Å². The van der Waals surface area contributed by atoms with E-state index >= 15 is 0 Å². The fourth-order valence-corrected chi connectivity index (χ4v) is 3.60. The normalized spacial score (nSPS) is 14.7. The van der Waals surface area contributed by atoms with Crippen LogP contribution in [0.2, 0.25) is 0 Å². The number of fused-ring (bicyclic) bond motifs is 1. The number of nitrogens with one attached hydrogen (secondary N) is 1. The average molecular weight is 411 g/mol. The molecule has 1 saturated heterocycles. The van der Waals surface area contributed by atoms with E-state index in [0.717, 1.165) is 48.5 Å². The van der Waals surface area contributed by atoms with Gasteiger partial charge in [0.2, 0.25) is 5.95 Å². The summed E-state index contributed by atoms with van der Waals surface area (Å²) in [6.45, 7) is 2.69. The van der Waals surface area contributed by atoms with Crippen LogP contribution in [0.3, 0.4) is 0 Å². The molecule has 0 spiro atoms. The molecule has 0 amide bonds. The van der Waals surface area contributed by atoms with Gasteiger partial charge in [-0.2, -0.15) is 0 Å². The fraction of sp³-hybridized carbons (Fsp3) is 0.350. The number of halogens is 3. The highest BCUT2D eigenvalue weighted by Crippen LogP contribution is 2.26. The van der Waals surface area contributed by atoms with Gasteiger partial charge in [-0.25, -0.2) is 9.37 Å². The lowest BCUT2D eigenvalue weighted by Gasteiger charge is -2.32. The summed E-state index contributed by atoms with van der Waals surface area (Å²) < 4.78 is 15.5. The third-order valence-corrected chi connectivity index (χ3v) is 5.07. The molecule has 0 atom stereocenters. The lowest BCUT2D eigenvalue weighted by atomic mass is 10.1. The first-order chi connectivity index (χ1) is 12.2. The highest BCUT2D eigenvalue weighted by Gasteiger charge is 2.22. The molecule has 7 heteroatoms. The Balaban J connectivity index is 0.00000131. The first kappa shape index (κ1) is 21.5. The summed E-state index contributed by atoms with van der Waals surface area (Å²) in [6, 6.07) is 15.6. The zero-order valence-corrected chi connectivity index (χ0v) is 16.9. The minimum atomic E-state index is -0.200. The highest BCUT2D eigenvalue weighted by atomic mass is 35.5. The highest BCUT2D eigenvalue weighted by molar-refractivity contribution is 5.85. The summed E-state index contributed by atoms with van der Waals surface area (Å²) in [4.78, 5) is 7.27. The minimum Gasteiger partial charge on any atom is -0.342 e. The van der Waals surface area contributed by atoms with Crippen LogP contribution in [-0.4, -0.2) is 35.7 Å². The quantitative estimate of drug-likeness (QED) is 0.697. The molecule has 1 aliphatic rings. The van der Waals surface area contributed by atoms with Gasteiger partial charge < -0.3 is 14.8 Å². The Bertz CT molecular complexity index is 858. The molecule has 0 radical (unpaired) electrons. The zero-order valence-electron chi connectivity index (χ0n) is 15.3. The third kappa shape index (κ3) is 4.54. The largest absolute Gasteiger partial charge is 0.342 e. The Morgan fingerprint density at radius 2 is 1.70 bits per heavy atom. The van der Waals surface area contributed by atoms with Gasteiger partial charge in [0.15, 0.2) is 0 Å². The molecule has 4 rings (SSSR count). The van der Waals surface area contributed by atoms with Crippen molar-refractivity contribution in [2.75, 3.05) is 25.0 Å². The molecular formula is C20H25Cl2FN4. The van der Waals surface area contributed by atoms with Crippen molar-refractivity contribution in [3.05, 3.63) is 59.9 Å². The number of rotatable bonds is 4. The van der Waals surface area contributed by atoms with Crippen molar-refractivity contribution in [2.45, 2.75) is 25.4 Å². The van der Waals surface area contributed by atoms with Gasteiger partial charge in [0.25, 0.3) is 0 Å². The standard InChI is InChI=1S/C20H23FN4.2ClH/c1-22-17-10-12-24(13-11-17)20-23-18-4-2-3-5-19(18)25(20)14-15-6-8-16(21)9-7-15;;/h2-9,17,22H,10-14H2,1H3;2*1H. The lowest BCUT2D eigenvalue weighted by molar-refractivity contribution is 0.436. The summed E-state index contributed by atoms with van der Waals surface area (Å²) in [6.07, 6.45) is 2.24. The fourth-order valence-electron chi connectivity index (χ4n) is 3.60. The molecule has 27 heavy (non-hydrogen) atoms. The van der Waals surface area contributed by atoms with Crippen LogP contribution in [0.25, 0.3) is 11.0 Å². The molecule has 1 aliphatic heterocycles. The van der Waals surface area contributed by atoms with E-state index in [2.05, 4.69) is 26.9 Å². The van der Waals surface area contributed by atoms with Gasteiger partial charge in [0.05, 0.1) is 17.6 Å². The third-order valence-electron chi connectivity index (χ3n) is 5.07. The van der Waals surface area contributed by atoms with Crippen molar-refractivity contribution in [3.8, 4) is 0 Å². The van der Waals surface area contributed by atoms with Crippen molar-refractivity contribution < 1.29 is 4.39 Å². The maximum atomic E-state index is 13.2. The Morgan fingerprint density at radius 3 is 2.37 bits per heavy atom. The Morgan fingerprint density at radius 1 is 1.04 bits per heavy atom.